The molecule has 1 aromatic rings. The lowest BCUT2D eigenvalue weighted by atomic mass is 9.69. The van der Waals surface area contributed by atoms with Gasteiger partial charge in [-0.3, -0.25) is 4.79 Å². The Morgan fingerprint density at radius 1 is 0.939 bits per heavy atom. The van der Waals surface area contributed by atoms with Crippen LogP contribution < -0.4 is 4.74 Å². The van der Waals surface area contributed by atoms with Crippen molar-refractivity contribution in [1.29, 1.82) is 0 Å². The lowest BCUT2D eigenvalue weighted by Crippen LogP contribution is -2.30. The number of unbranched alkanes of at least 4 members (excludes halogenated alkanes) is 3. The predicted octanol–water partition coefficient (Wildman–Crippen LogP) is 7.89. The molecule has 0 aliphatic heterocycles. The number of benzene rings is 1. The third kappa shape index (κ3) is 8.38. The van der Waals surface area contributed by atoms with E-state index < -0.39 is 0 Å². The van der Waals surface area contributed by atoms with Gasteiger partial charge >= 0.3 is 5.97 Å². The summed E-state index contributed by atoms with van der Waals surface area (Å²) in [6, 6.07) is 4.92. The van der Waals surface area contributed by atoms with E-state index in [0.717, 1.165) is 82.1 Å². The van der Waals surface area contributed by atoms with E-state index in [9.17, 15) is 9.18 Å². The number of hydrogen-bond acceptors (Lipinski definition) is 3. The summed E-state index contributed by atoms with van der Waals surface area (Å²) in [6.45, 7) is 3.08. The van der Waals surface area contributed by atoms with Crippen LogP contribution in [0.3, 0.4) is 0 Å². The van der Waals surface area contributed by atoms with Gasteiger partial charge in [-0.15, -0.1) is 0 Å². The monoisotopic (exact) mass is 460 g/mol. The zero-order valence-electron chi connectivity index (χ0n) is 21.0. The molecule has 0 N–H and O–H groups in total. The smallest absolute Gasteiger partial charge is 0.314 e. The van der Waals surface area contributed by atoms with E-state index in [1.54, 1.807) is 19.2 Å². The van der Waals surface area contributed by atoms with Crippen molar-refractivity contribution in [3.8, 4) is 5.75 Å². The molecule has 0 radical (unpaired) electrons. The van der Waals surface area contributed by atoms with Gasteiger partial charge in [0, 0.05) is 19.8 Å². The molecule has 0 aromatic heterocycles. The van der Waals surface area contributed by atoms with Crippen LogP contribution in [0.2, 0.25) is 0 Å². The lowest BCUT2D eigenvalue weighted by Gasteiger charge is -2.37. The van der Waals surface area contributed by atoms with Crippen LogP contribution in [0.25, 0.3) is 0 Å². The quantitative estimate of drug-likeness (QED) is 0.181. The first-order valence-corrected chi connectivity index (χ1v) is 13.6. The first-order valence-electron chi connectivity index (χ1n) is 13.6. The molecule has 0 atom stereocenters. The van der Waals surface area contributed by atoms with Gasteiger partial charge in [0.05, 0.1) is 5.92 Å². The van der Waals surface area contributed by atoms with Crippen LogP contribution in [0.1, 0.15) is 102 Å². The molecule has 2 saturated carbocycles. The fourth-order valence-corrected chi connectivity index (χ4v) is 6.09. The van der Waals surface area contributed by atoms with Crippen molar-refractivity contribution in [2.75, 3.05) is 13.7 Å². The molecule has 0 saturated heterocycles. The normalized spacial score (nSPS) is 25.7. The minimum absolute atomic E-state index is 0.0347. The van der Waals surface area contributed by atoms with E-state index in [1.807, 2.05) is 0 Å². The Labute approximate surface area is 200 Å². The number of hydrogen-bond donors (Lipinski definition) is 0. The van der Waals surface area contributed by atoms with E-state index in [4.69, 9.17) is 9.47 Å². The summed E-state index contributed by atoms with van der Waals surface area (Å²) in [5.41, 5.74) is 0.704. The Bertz CT molecular complexity index is 703. The molecule has 0 spiro atoms. The maximum absolute atomic E-state index is 14.5. The molecule has 0 unspecified atom stereocenters. The summed E-state index contributed by atoms with van der Waals surface area (Å²) in [5, 5.41) is 0. The van der Waals surface area contributed by atoms with Gasteiger partial charge in [-0.1, -0.05) is 51.5 Å². The minimum atomic E-state index is -0.264. The second-order valence-electron chi connectivity index (χ2n) is 10.5. The van der Waals surface area contributed by atoms with Crippen molar-refractivity contribution in [2.24, 2.45) is 23.7 Å². The average molecular weight is 461 g/mol. The molecule has 0 amide bonds. The number of rotatable bonds is 12. The number of ether oxygens (including phenoxy) is 2. The first-order chi connectivity index (χ1) is 16.1. The average Bonchev–Trinajstić information content (AvgIpc) is 2.83. The molecule has 0 heterocycles. The number of aryl methyl sites for hydroxylation is 1. The van der Waals surface area contributed by atoms with Crippen molar-refractivity contribution < 1.29 is 18.7 Å². The molecular weight excluding hydrogens is 415 g/mol. The largest absolute Gasteiger partial charge is 0.426 e. The summed E-state index contributed by atoms with van der Waals surface area (Å²) in [4.78, 5) is 12.7. The van der Waals surface area contributed by atoms with Crippen LogP contribution in [0, 0.1) is 29.5 Å². The van der Waals surface area contributed by atoms with Crippen LogP contribution in [-0.4, -0.2) is 19.7 Å². The summed E-state index contributed by atoms with van der Waals surface area (Å²) in [5.74, 6) is 2.46. The molecule has 2 fully saturated rings. The van der Waals surface area contributed by atoms with Gasteiger partial charge in [0.15, 0.2) is 0 Å². The van der Waals surface area contributed by atoms with Gasteiger partial charge in [0.1, 0.15) is 11.6 Å². The highest BCUT2D eigenvalue weighted by Gasteiger charge is 2.33. The minimum Gasteiger partial charge on any atom is -0.426 e. The number of halogens is 1. The predicted molar refractivity (Wildman–Crippen MR) is 132 cm³/mol. The highest BCUT2D eigenvalue weighted by Crippen LogP contribution is 2.42. The van der Waals surface area contributed by atoms with E-state index in [-0.39, 0.29) is 17.7 Å². The SMILES string of the molecule is CCCC1CCC(C2CCC(C(=O)Oc3ccc(CCCCCCOC)c(F)c3)CC2)CC1. The number of methoxy groups -OCH3 is 1. The second kappa shape index (κ2) is 14.1. The molecule has 4 heteroatoms. The van der Waals surface area contributed by atoms with Crippen molar-refractivity contribution in [1.82, 2.24) is 0 Å². The Morgan fingerprint density at radius 3 is 2.24 bits per heavy atom. The molecule has 2 aliphatic rings. The van der Waals surface area contributed by atoms with Gasteiger partial charge < -0.3 is 9.47 Å². The van der Waals surface area contributed by atoms with Crippen molar-refractivity contribution in [3.05, 3.63) is 29.6 Å². The van der Waals surface area contributed by atoms with Gasteiger partial charge in [-0.25, -0.2) is 4.39 Å². The van der Waals surface area contributed by atoms with E-state index in [2.05, 4.69) is 6.92 Å². The molecule has 1 aromatic carbocycles. The van der Waals surface area contributed by atoms with Gasteiger partial charge in [-0.2, -0.15) is 0 Å². The Kier molecular flexibility index (Phi) is 11.2. The van der Waals surface area contributed by atoms with Crippen LogP contribution in [-0.2, 0) is 16.0 Å². The maximum atomic E-state index is 14.5. The van der Waals surface area contributed by atoms with Gasteiger partial charge in [-0.05, 0) is 87.2 Å². The van der Waals surface area contributed by atoms with Crippen LogP contribution >= 0.6 is 0 Å². The third-order valence-electron chi connectivity index (χ3n) is 8.15. The summed E-state index contributed by atoms with van der Waals surface area (Å²) in [6.07, 6.45) is 17.3. The second-order valence-corrected chi connectivity index (χ2v) is 10.5. The topological polar surface area (TPSA) is 35.5 Å². The fourth-order valence-electron chi connectivity index (χ4n) is 6.09. The number of carbonyl (C=O) groups excluding carboxylic acids is 1. The molecular formula is C29H45FO3. The zero-order chi connectivity index (χ0) is 23.5. The van der Waals surface area contributed by atoms with Crippen LogP contribution in [0.5, 0.6) is 5.75 Å². The van der Waals surface area contributed by atoms with E-state index >= 15 is 0 Å². The fraction of sp³-hybridized carbons (Fsp3) is 0.759. The molecule has 186 valence electrons. The summed E-state index contributed by atoms with van der Waals surface area (Å²) < 4.78 is 25.1. The maximum Gasteiger partial charge on any atom is 0.314 e. The Hall–Kier alpha value is -1.42. The van der Waals surface area contributed by atoms with E-state index in [1.165, 1.54) is 44.6 Å². The Balaban J connectivity index is 1.38. The van der Waals surface area contributed by atoms with Crippen molar-refractivity contribution in [2.45, 2.75) is 103 Å². The molecule has 3 nitrogen and oxygen atoms in total. The third-order valence-corrected chi connectivity index (χ3v) is 8.15. The molecule has 2 aliphatic carbocycles. The van der Waals surface area contributed by atoms with Gasteiger partial charge in [0.2, 0.25) is 0 Å². The van der Waals surface area contributed by atoms with E-state index in [0.29, 0.717) is 11.3 Å². The first kappa shape index (κ1) is 26.2. The summed E-state index contributed by atoms with van der Waals surface area (Å²) in [7, 11) is 1.72. The summed E-state index contributed by atoms with van der Waals surface area (Å²) >= 11 is 0. The van der Waals surface area contributed by atoms with Crippen LogP contribution in [0.4, 0.5) is 4.39 Å². The Morgan fingerprint density at radius 2 is 1.61 bits per heavy atom. The standard InChI is InChI=1S/C29H45FO3/c1-3-8-22-10-12-23(13-11-22)24-14-16-26(17-15-24)29(31)33-27-19-18-25(28(30)21-27)9-6-4-5-7-20-32-2/h18-19,21-24,26H,3-17,20H2,1-2H3. The molecule has 0 bridgehead atoms. The highest BCUT2D eigenvalue weighted by atomic mass is 19.1. The number of esters is 1. The highest BCUT2D eigenvalue weighted by molar-refractivity contribution is 5.75. The number of carbonyl (C=O) groups is 1. The van der Waals surface area contributed by atoms with Crippen LogP contribution in [0.15, 0.2) is 18.2 Å². The molecule has 33 heavy (non-hydrogen) atoms. The van der Waals surface area contributed by atoms with Crippen molar-refractivity contribution in [3.63, 3.8) is 0 Å². The van der Waals surface area contributed by atoms with Gasteiger partial charge in [0.25, 0.3) is 0 Å². The molecule has 3 rings (SSSR count). The zero-order valence-corrected chi connectivity index (χ0v) is 21.0. The lowest BCUT2D eigenvalue weighted by molar-refractivity contribution is -0.140. The van der Waals surface area contributed by atoms with Crippen molar-refractivity contribution >= 4 is 5.97 Å².